The van der Waals surface area contributed by atoms with E-state index in [0.29, 0.717) is 0 Å². The topological polar surface area (TPSA) is 106 Å². The summed E-state index contributed by atoms with van der Waals surface area (Å²) in [7, 11) is -4.09. The number of benzene rings is 2. The van der Waals surface area contributed by atoms with Crippen LogP contribution in [0.5, 0.6) is 11.5 Å². The lowest BCUT2D eigenvalue weighted by molar-refractivity contribution is -0.131. The van der Waals surface area contributed by atoms with Gasteiger partial charge in [0, 0.05) is 12.5 Å². The molecule has 0 amide bonds. The number of hydrogen-bond acceptors (Lipinski definition) is 6. The first-order chi connectivity index (χ1) is 12.8. The van der Waals surface area contributed by atoms with Gasteiger partial charge in [-0.25, -0.2) is 17.5 Å². The van der Waals surface area contributed by atoms with E-state index in [1.54, 1.807) is 6.07 Å². The molecule has 3 rings (SSSR count). The third-order valence-corrected chi connectivity index (χ3v) is 4.80. The van der Waals surface area contributed by atoms with Gasteiger partial charge in [-0.2, -0.15) is 0 Å². The summed E-state index contributed by atoms with van der Waals surface area (Å²) in [5.41, 5.74) is 0.131. The highest BCUT2D eigenvalue weighted by Crippen LogP contribution is 2.46. The summed E-state index contributed by atoms with van der Waals surface area (Å²) in [5.74, 6) is -3.31. The summed E-state index contributed by atoms with van der Waals surface area (Å²) in [6, 6.07) is 12.5. The Morgan fingerprint density at radius 2 is 1.85 bits per heavy atom. The van der Waals surface area contributed by atoms with E-state index in [9.17, 15) is 22.7 Å². The molecule has 1 aromatic heterocycles. The number of sulfonamides is 1. The van der Waals surface area contributed by atoms with Crippen molar-refractivity contribution >= 4 is 21.9 Å². The van der Waals surface area contributed by atoms with Crippen LogP contribution in [0, 0.1) is 5.82 Å². The average Bonchev–Trinajstić information content (AvgIpc) is 2.91. The summed E-state index contributed by atoms with van der Waals surface area (Å²) in [4.78, 5) is 11.3. The largest absolute Gasteiger partial charge is 0.502 e. The van der Waals surface area contributed by atoms with Gasteiger partial charge in [-0.3, -0.25) is 4.79 Å². The van der Waals surface area contributed by atoms with Gasteiger partial charge in [0.25, 0.3) is 15.9 Å². The first-order valence-corrected chi connectivity index (χ1v) is 9.14. The summed E-state index contributed by atoms with van der Waals surface area (Å²) in [6.07, 6.45) is 0. The van der Waals surface area contributed by atoms with Crippen LogP contribution in [0.2, 0.25) is 0 Å². The van der Waals surface area contributed by atoms with E-state index in [4.69, 9.17) is 9.15 Å². The van der Waals surface area contributed by atoms with Gasteiger partial charge in [0.05, 0.1) is 4.90 Å². The van der Waals surface area contributed by atoms with Gasteiger partial charge >= 0.3 is 5.97 Å². The number of carbonyl (C=O) groups is 1. The van der Waals surface area contributed by atoms with E-state index in [0.717, 1.165) is 13.0 Å². The normalized spacial score (nSPS) is 11.2. The molecule has 0 bridgehead atoms. The van der Waals surface area contributed by atoms with Crippen LogP contribution >= 0.6 is 0 Å². The van der Waals surface area contributed by atoms with Gasteiger partial charge < -0.3 is 14.3 Å². The van der Waals surface area contributed by atoms with Crippen molar-refractivity contribution in [2.45, 2.75) is 11.8 Å². The fourth-order valence-corrected chi connectivity index (χ4v) is 3.33. The van der Waals surface area contributed by atoms with Crippen molar-refractivity contribution in [3.8, 4) is 22.8 Å². The third kappa shape index (κ3) is 3.93. The highest BCUT2D eigenvalue weighted by Gasteiger charge is 2.28. The Labute approximate surface area is 154 Å². The molecule has 1 heterocycles. The Balaban J connectivity index is 2.09. The van der Waals surface area contributed by atoms with Crippen molar-refractivity contribution in [3.63, 3.8) is 0 Å². The fraction of sp³-hybridized carbons (Fsp3) is 0.0556. The third-order valence-electron chi connectivity index (χ3n) is 3.45. The smallest absolute Gasteiger partial charge is 0.308 e. The number of rotatable bonds is 5. The van der Waals surface area contributed by atoms with E-state index in [2.05, 4.69) is 4.72 Å². The summed E-state index contributed by atoms with van der Waals surface area (Å²) < 4.78 is 50.8. The molecule has 2 N–H and O–H groups in total. The number of halogens is 1. The van der Waals surface area contributed by atoms with Gasteiger partial charge in [-0.05, 0) is 24.3 Å². The summed E-state index contributed by atoms with van der Waals surface area (Å²) >= 11 is 0. The molecule has 0 aliphatic carbocycles. The van der Waals surface area contributed by atoms with Gasteiger partial charge in [-0.1, -0.05) is 30.3 Å². The Morgan fingerprint density at radius 3 is 2.48 bits per heavy atom. The monoisotopic (exact) mass is 391 g/mol. The minimum Gasteiger partial charge on any atom is -0.502 e. The molecule has 0 unspecified atom stereocenters. The molecule has 0 aliphatic rings. The summed E-state index contributed by atoms with van der Waals surface area (Å²) in [5, 5.41) is 10.3. The molecule has 7 nitrogen and oxygen atoms in total. The zero-order valence-electron chi connectivity index (χ0n) is 14.0. The van der Waals surface area contributed by atoms with Crippen molar-refractivity contribution in [1.29, 1.82) is 0 Å². The predicted molar refractivity (Wildman–Crippen MR) is 94.3 cm³/mol. The number of anilines is 1. The molecule has 0 radical (unpaired) electrons. The summed E-state index contributed by atoms with van der Waals surface area (Å²) in [6.45, 7) is 1.07. The number of ether oxygens (including phenoxy) is 1. The van der Waals surface area contributed by atoms with Crippen LogP contribution in [-0.4, -0.2) is 19.5 Å². The lowest BCUT2D eigenvalue weighted by atomic mass is 10.1. The van der Waals surface area contributed by atoms with Crippen molar-refractivity contribution in [2.75, 3.05) is 4.72 Å². The highest BCUT2D eigenvalue weighted by molar-refractivity contribution is 7.92. The van der Waals surface area contributed by atoms with Crippen molar-refractivity contribution in [1.82, 2.24) is 0 Å². The first-order valence-electron chi connectivity index (χ1n) is 7.66. The molecular formula is C18H14FNO6S. The average molecular weight is 391 g/mol. The highest BCUT2D eigenvalue weighted by atomic mass is 32.2. The molecule has 0 saturated carbocycles. The minimum absolute atomic E-state index is 0.0676. The predicted octanol–water partition coefficient (Wildman–Crippen LogP) is 3.52. The van der Waals surface area contributed by atoms with E-state index in [1.165, 1.54) is 42.5 Å². The van der Waals surface area contributed by atoms with Crippen LogP contribution in [0.15, 0.2) is 63.9 Å². The number of furan rings is 1. The number of carbonyl (C=O) groups excluding carboxylic acids is 1. The second kappa shape index (κ2) is 7.12. The number of hydrogen-bond donors (Lipinski definition) is 2. The van der Waals surface area contributed by atoms with E-state index >= 15 is 0 Å². The van der Waals surface area contributed by atoms with Crippen LogP contribution < -0.4 is 9.46 Å². The number of esters is 1. The quantitative estimate of drug-likeness (QED) is 0.645. The van der Waals surface area contributed by atoms with Crippen LogP contribution in [0.25, 0.3) is 11.3 Å². The maximum atomic E-state index is 13.5. The Morgan fingerprint density at radius 1 is 1.15 bits per heavy atom. The van der Waals surface area contributed by atoms with Gasteiger partial charge in [-0.15, -0.1) is 0 Å². The lowest BCUT2D eigenvalue weighted by Crippen LogP contribution is -2.13. The van der Waals surface area contributed by atoms with Crippen LogP contribution in [-0.2, 0) is 14.8 Å². The molecule has 0 atom stereocenters. The lowest BCUT2D eigenvalue weighted by Gasteiger charge is -2.07. The van der Waals surface area contributed by atoms with Crippen molar-refractivity contribution in [2.24, 2.45) is 0 Å². The molecule has 2 aromatic carbocycles. The van der Waals surface area contributed by atoms with E-state index in [-0.39, 0.29) is 16.2 Å². The first kappa shape index (κ1) is 18.5. The van der Waals surface area contributed by atoms with E-state index < -0.39 is 39.2 Å². The van der Waals surface area contributed by atoms with Gasteiger partial charge in [0.15, 0.2) is 5.76 Å². The second-order valence-corrected chi connectivity index (χ2v) is 7.14. The SMILES string of the molecule is CC(=O)Oc1c(NS(=O)(=O)c2ccccc2)oc(-c2cccc(F)c2)c1O. The zero-order valence-corrected chi connectivity index (χ0v) is 14.8. The van der Waals surface area contributed by atoms with Gasteiger partial charge in [0.2, 0.25) is 11.5 Å². The number of aromatic hydroxyl groups is 1. The van der Waals surface area contributed by atoms with Crippen LogP contribution in [0.1, 0.15) is 6.92 Å². The Kier molecular flexibility index (Phi) is 4.87. The van der Waals surface area contributed by atoms with Crippen LogP contribution in [0.3, 0.4) is 0 Å². The van der Waals surface area contributed by atoms with E-state index in [1.807, 2.05) is 0 Å². The molecule has 3 aromatic rings. The van der Waals surface area contributed by atoms with Gasteiger partial charge in [0.1, 0.15) is 5.82 Å². The maximum Gasteiger partial charge on any atom is 0.308 e. The minimum atomic E-state index is -4.09. The van der Waals surface area contributed by atoms with Crippen LogP contribution in [0.4, 0.5) is 10.3 Å². The molecule has 0 fully saturated rings. The second-order valence-electron chi connectivity index (χ2n) is 5.46. The molecule has 0 aliphatic heterocycles. The Hall–Kier alpha value is -3.33. The molecule has 0 saturated heterocycles. The van der Waals surface area contributed by atoms with Crippen molar-refractivity contribution < 1.29 is 31.9 Å². The molecule has 9 heteroatoms. The van der Waals surface area contributed by atoms with Crippen molar-refractivity contribution in [3.05, 3.63) is 60.4 Å². The maximum absolute atomic E-state index is 13.5. The molecule has 27 heavy (non-hydrogen) atoms. The molecule has 140 valence electrons. The molecular weight excluding hydrogens is 377 g/mol. The Bertz CT molecular complexity index is 1090. The fourth-order valence-electron chi connectivity index (χ4n) is 2.32. The number of nitrogens with one attached hydrogen (secondary N) is 1. The molecule has 0 spiro atoms. The standard InChI is InChI=1S/C18H14FNO6S/c1-11(21)25-17-15(22)16(12-6-5-7-13(19)10-12)26-18(17)20-27(23,24)14-8-3-2-4-9-14/h2-10,20,22H,1H3. The zero-order chi connectivity index (χ0) is 19.6.